The average molecular weight is 478 g/mol. The number of para-hydroxylation sites is 3. The third-order valence-electron chi connectivity index (χ3n) is 6.16. The monoisotopic (exact) mass is 477 g/mol. The maximum Gasteiger partial charge on any atom is 0.263 e. The van der Waals surface area contributed by atoms with Gasteiger partial charge in [0.25, 0.3) is 5.91 Å². The van der Waals surface area contributed by atoms with Gasteiger partial charge in [0.15, 0.2) is 29.1 Å². The smallest absolute Gasteiger partial charge is 0.263 e. The molecule has 184 valence electrons. The van der Waals surface area contributed by atoms with Crippen molar-refractivity contribution in [3.63, 3.8) is 0 Å². The molecule has 4 rings (SSSR count). The topological polar surface area (TPSA) is 66.5 Å². The van der Waals surface area contributed by atoms with Gasteiger partial charge in [-0.05, 0) is 60.9 Å². The van der Waals surface area contributed by atoms with E-state index in [9.17, 15) is 4.79 Å². The highest BCUT2D eigenvalue weighted by Gasteiger charge is 2.35. The number of carbonyl (C=O) groups excluding carboxylic acids is 1. The molecule has 7 nitrogen and oxygen atoms in total. The number of benzene rings is 3. The molecule has 0 bridgehead atoms. The third kappa shape index (κ3) is 5.29. The Morgan fingerprint density at radius 3 is 2.20 bits per heavy atom. The molecule has 1 heterocycles. The molecule has 0 N–H and O–H groups in total. The number of hydrogen-bond donors (Lipinski definition) is 0. The zero-order valence-electron chi connectivity index (χ0n) is 20.5. The van der Waals surface area contributed by atoms with Crippen molar-refractivity contribution >= 4 is 5.91 Å². The third-order valence-corrected chi connectivity index (χ3v) is 6.16. The summed E-state index contributed by atoms with van der Waals surface area (Å²) in [6.07, 6.45) is 0.0258. The number of ether oxygens (including phenoxy) is 5. The first-order chi connectivity index (χ1) is 17.0. The molecule has 2 atom stereocenters. The summed E-state index contributed by atoms with van der Waals surface area (Å²) >= 11 is 0. The van der Waals surface area contributed by atoms with Gasteiger partial charge in [-0.25, -0.2) is 0 Å². The van der Waals surface area contributed by atoms with E-state index in [4.69, 9.17) is 23.7 Å². The van der Waals surface area contributed by atoms with Crippen molar-refractivity contribution < 1.29 is 28.5 Å². The van der Waals surface area contributed by atoms with E-state index in [-0.39, 0.29) is 18.6 Å². The summed E-state index contributed by atoms with van der Waals surface area (Å²) in [5.41, 5.74) is 2.06. The minimum atomic E-state index is -0.659. The maximum atomic E-state index is 13.6. The highest BCUT2D eigenvalue weighted by Crippen LogP contribution is 2.39. The molecule has 3 aromatic carbocycles. The van der Waals surface area contributed by atoms with Crippen LogP contribution >= 0.6 is 0 Å². The molecule has 0 fully saturated rings. The van der Waals surface area contributed by atoms with Gasteiger partial charge in [-0.1, -0.05) is 30.3 Å². The lowest BCUT2D eigenvalue weighted by molar-refractivity contribution is -0.141. The number of carbonyl (C=O) groups is 1. The quantitative estimate of drug-likeness (QED) is 0.446. The summed E-state index contributed by atoms with van der Waals surface area (Å²) < 4.78 is 28.6. The van der Waals surface area contributed by atoms with Crippen LogP contribution in [0, 0.1) is 0 Å². The first-order valence-corrected chi connectivity index (χ1v) is 11.6. The normalized spacial score (nSPS) is 15.5. The van der Waals surface area contributed by atoms with Crippen molar-refractivity contribution in [1.29, 1.82) is 0 Å². The molecule has 1 aliphatic heterocycles. The Morgan fingerprint density at radius 1 is 0.886 bits per heavy atom. The Kier molecular flexibility index (Phi) is 7.65. The number of fused-ring (bicyclic) bond motifs is 1. The van der Waals surface area contributed by atoms with Crippen LogP contribution in [0.25, 0.3) is 0 Å². The largest absolute Gasteiger partial charge is 0.493 e. The van der Waals surface area contributed by atoms with E-state index in [1.165, 1.54) is 0 Å². The summed E-state index contributed by atoms with van der Waals surface area (Å²) in [5.74, 6) is 3.06. The van der Waals surface area contributed by atoms with E-state index in [1.54, 1.807) is 28.3 Å². The Hall–Kier alpha value is -3.87. The summed E-state index contributed by atoms with van der Waals surface area (Å²) in [4.78, 5) is 15.4. The van der Waals surface area contributed by atoms with E-state index in [0.717, 1.165) is 11.1 Å². The second kappa shape index (κ2) is 11.0. The van der Waals surface area contributed by atoms with Gasteiger partial charge < -0.3 is 28.6 Å². The van der Waals surface area contributed by atoms with E-state index >= 15 is 0 Å². The molecule has 0 saturated heterocycles. The average Bonchev–Trinajstić information content (AvgIpc) is 2.91. The van der Waals surface area contributed by atoms with E-state index in [0.29, 0.717) is 41.7 Å². The fourth-order valence-corrected chi connectivity index (χ4v) is 4.37. The van der Waals surface area contributed by atoms with Crippen molar-refractivity contribution in [3.05, 3.63) is 77.9 Å². The van der Waals surface area contributed by atoms with Crippen LogP contribution in [-0.2, 0) is 11.2 Å². The second-order valence-electron chi connectivity index (χ2n) is 8.24. The van der Waals surface area contributed by atoms with E-state index in [1.807, 2.05) is 71.6 Å². The lowest BCUT2D eigenvalue weighted by Crippen LogP contribution is -2.47. The van der Waals surface area contributed by atoms with Crippen LogP contribution in [0.4, 0.5) is 0 Å². The number of nitrogens with zero attached hydrogens (tertiary/aromatic N) is 1. The van der Waals surface area contributed by atoms with Crippen LogP contribution in [0.15, 0.2) is 66.7 Å². The van der Waals surface area contributed by atoms with Crippen molar-refractivity contribution in [2.45, 2.75) is 25.5 Å². The molecule has 1 aliphatic rings. The molecular formula is C28H31NO6. The molecule has 1 amide bonds. The van der Waals surface area contributed by atoms with Crippen LogP contribution in [-0.4, -0.2) is 51.4 Å². The molecule has 3 aromatic rings. The van der Waals surface area contributed by atoms with Gasteiger partial charge in [0, 0.05) is 6.54 Å². The lowest BCUT2D eigenvalue weighted by atomic mass is 9.91. The summed E-state index contributed by atoms with van der Waals surface area (Å²) in [7, 11) is 4.83. The van der Waals surface area contributed by atoms with Crippen LogP contribution in [0.3, 0.4) is 0 Å². The van der Waals surface area contributed by atoms with Gasteiger partial charge in [0.2, 0.25) is 0 Å². The highest BCUT2D eigenvalue weighted by molar-refractivity contribution is 5.82. The van der Waals surface area contributed by atoms with E-state index < -0.39 is 6.10 Å². The van der Waals surface area contributed by atoms with E-state index in [2.05, 4.69) is 0 Å². The predicted molar refractivity (Wildman–Crippen MR) is 133 cm³/mol. The van der Waals surface area contributed by atoms with Gasteiger partial charge in [-0.3, -0.25) is 4.79 Å². The molecular weight excluding hydrogens is 446 g/mol. The van der Waals surface area contributed by atoms with Gasteiger partial charge in [0.05, 0.1) is 27.4 Å². The molecule has 0 spiro atoms. The Bertz CT molecular complexity index is 1150. The molecule has 35 heavy (non-hydrogen) atoms. The molecule has 0 aliphatic carbocycles. The minimum absolute atomic E-state index is 0.108. The molecule has 0 unspecified atom stereocenters. The van der Waals surface area contributed by atoms with Crippen LogP contribution in [0.2, 0.25) is 0 Å². The number of rotatable bonds is 9. The van der Waals surface area contributed by atoms with Crippen LogP contribution in [0.1, 0.15) is 24.1 Å². The van der Waals surface area contributed by atoms with Crippen LogP contribution in [0.5, 0.6) is 28.7 Å². The Morgan fingerprint density at radius 2 is 1.51 bits per heavy atom. The SMILES string of the molecule is COc1cc2c(cc1OC)[C@H](COc1ccccc1OC)N(C(=O)[C@@H](C)Oc1ccccc1)CC2. The van der Waals surface area contributed by atoms with Gasteiger partial charge in [-0.15, -0.1) is 0 Å². The van der Waals surface area contributed by atoms with Crippen molar-refractivity contribution in [2.75, 3.05) is 34.5 Å². The van der Waals surface area contributed by atoms with Gasteiger partial charge in [-0.2, -0.15) is 0 Å². The van der Waals surface area contributed by atoms with Crippen LogP contribution < -0.4 is 23.7 Å². The Balaban J connectivity index is 1.65. The second-order valence-corrected chi connectivity index (χ2v) is 8.24. The fourth-order valence-electron chi connectivity index (χ4n) is 4.37. The zero-order chi connectivity index (χ0) is 24.8. The minimum Gasteiger partial charge on any atom is -0.493 e. The highest BCUT2D eigenvalue weighted by atomic mass is 16.5. The zero-order valence-corrected chi connectivity index (χ0v) is 20.5. The number of amides is 1. The number of methoxy groups -OCH3 is 3. The van der Waals surface area contributed by atoms with Gasteiger partial charge in [0.1, 0.15) is 12.4 Å². The first kappa shape index (κ1) is 24.3. The van der Waals surface area contributed by atoms with Crippen molar-refractivity contribution in [1.82, 2.24) is 4.90 Å². The molecule has 0 radical (unpaired) electrons. The number of hydrogen-bond acceptors (Lipinski definition) is 6. The summed E-state index contributed by atoms with van der Waals surface area (Å²) in [5, 5.41) is 0. The predicted octanol–water partition coefficient (Wildman–Crippen LogP) is 4.68. The van der Waals surface area contributed by atoms with Gasteiger partial charge >= 0.3 is 0 Å². The maximum absolute atomic E-state index is 13.6. The standard InChI is InChI=1S/C28H31NO6/c1-19(35-21-10-6-5-7-11-21)28(30)29-15-14-20-16-26(32-3)27(33-4)17-22(20)23(29)18-34-25-13-9-8-12-24(25)31-2/h5-13,16-17,19,23H,14-15,18H2,1-4H3/t19-,23+/m1/s1. The van der Waals surface area contributed by atoms with Crippen molar-refractivity contribution in [2.24, 2.45) is 0 Å². The summed E-state index contributed by atoms with van der Waals surface area (Å²) in [6, 6.07) is 20.4. The molecule has 0 saturated carbocycles. The first-order valence-electron chi connectivity index (χ1n) is 11.6. The van der Waals surface area contributed by atoms with Crippen molar-refractivity contribution in [3.8, 4) is 28.7 Å². The molecule has 7 heteroatoms. The fraction of sp³-hybridized carbons (Fsp3) is 0.321. The Labute approximate surface area is 206 Å². The molecule has 0 aromatic heterocycles. The summed E-state index contributed by atoms with van der Waals surface area (Å²) in [6.45, 7) is 2.55. The lowest BCUT2D eigenvalue weighted by Gasteiger charge is -2.38.